The van der Waals surface area contributed by atoms with E-state index < -0.39 is 0 Å². The number of nitrogens with zero attached hydrogens (tertiary/aromatic N) is 2. The van der Waals surface area contributed by atoms with E-state index in [4.69, 9.17) is 4.74 Å². The van der Waals surface area contributed by atoms with Crippen molar-refractivity contribution in [2.45, 2.75) is 44.6 Å². The summed E-state index contributed by atoms with van der Waals surface area (Å²) >= 11 is 1.26. The molecule has 2 fully saturated rings. The van der Waals surface area contributed by atoms with E-state index in [1.807, 2.05) is 0 Å². The number of hydrogen-bond acceptors (Lipinski definition) is 6. The molecule has 7 nitrogen and oxygen atoms in total. The number of ether oxygens (including phenoxy) is 1. The van der Waals surface area contributed by atoms with Crippen LogP contribution in [0.5, 0.6) is 0 Å². The number of anilines is 1. The second-order valence-corrected chi connectivity index (χ2v) is 7.64. The molecule has 1 saturated heterocycles. The molecule has 138 valence electrons. The second kappa shape index (κ2) is 8.25. The third kappa shape index (κ3) is 4.56. The van der Waals surface area contributed by atoms with Gasteiger partial charge in [0.1, 0.15) is 5.69 Å². The predicted octanol–water partition coefficient (Wildman–Crippen LogP) is 1.87. The van der Waals surface area contributed by atoms with Crippen molar-refractivity contribution in [3.63, 3.8) is 0 Å². The third-order valence-electron chi connectivity index (χ3n) is 5.06. The van der Waals surface area contributed by atoms with Crippen LogP contribution >= 0.6 is 11.3 Å². The van der Waals surface area contributed by atoms with Crippen molar-refractivity contribution in [2.75, 3.05) is 38.2 Å². The Bertz CT molecular complexity index is 607. The molecule has 0 radical (unpaired) electrons. The van der Waals surface area contributed by atoms with E-state index in [2.05, 4.69) is 20.5 Å². The molecule has 1 aliphatic heterocycles. The fraction of sp³-hybridized carbons (Fsp3) is 0.706. The summed E-state index contributed by atoms with van der Waals surface area (Å²) in [4.78, 5) is 30.3. The Balaban J connectivity index is 1.63. The van der Waals surface area contributed by atoms with Crippen LogP contribution in [0.4, 0.5) is 5.13 Å². The topological polar surface area (TPSA) is 83.6 Å². The lowest BCUT2D eigenvalue weighted by molar-refractivity contribution is -0.114. The first kappa shape index (κ1) is 18.3. The summed E-state index contributed by atoms with van der Waals surface area (Å²) in [5, 5.41) is 7.83. The van der Waals surface area contributed by atoms with Crippen molar-refractivity contribution in [2.24, 2.45) is 0 Å². The maximum atomic E-state index is 12.5. The Morgan fingerprint density at radius 2 is 2.00 bits per heavy atom. The number of hydrogen-bond donors (Lipinski definition) is 2. The lowest BCUT2D eigenvalue weighted by Gasteiger charge is -2.48. The molecular formula is C17H26N4O3S. The van der Waals surface area contributed by atoms with Gasteiger partial charge in [0.05, 0.1) is 13.2 Å². The summed E-state index contributed by atoms with van der Waals surface area (Å²) in [5.74, 6) is -0.360. The smallest absolute Gasteiger partial charge is 0.270 e. The fourth-order valence-electron chi connectivity index (χ4n) is 3.77. The van der Waals surface area contributed by atoms with E-state index in [1.54, 1.807) is 5.38 Å². The molecule has 8 heteroatoms. The first-order valence-corrected chi connectivity index (χ1v) is 9.81. The van der Waals surface area contributed by atoms with Crippen LogP contribution < -0.4 is 10.6 Å². The Morgan fingerprint density at radius 3 is 2.68 bits per heavy atom. The van der Waals surface area contributed by atoms with E-state index in [0.717, 1.165) is 39.1 Å². The lowest BCUT2D eigenvalue weighted by atomic mass is 9.79. The van der Waals surface area contributed by atoms with Crippen molar-refractivity contribution < 1.29 is 14.3 Å². The molecule has 2 heterocycles. The normalized spacial score (nSPS) is 20.8. The number of carbonyl (C=O) groups excluding carboxylic acids is 2. The third-order valence-corrected chi connectivity index (χ3v) is 5.82. The molecule has 1 saturated carbocycles. The van der Waals surface area contributed by atoms with Crippen molar-refractivity contribution in [1.29, 1.82) is 0 Å². The zero-order valence-electron chi connectivity index (χ0n) is 14.7. The molecular weight excluding hydrogens is 340 g/mol. The molecule has 1 aromatic rings. The average molecular weight is 366 g/mol. The van der Waals surface area contributed by atoms with Crippen LogP contribution in [0.2, 0.25) is 0 Å². The van der Waals surface area contributed by atoms with Crippen LogP contribution in [0.15, 0.2) is 5.38 Å². The highest BCUT2D eigenvalue weighted by atomic mass is 32.1. The van der Waals surface area contributed by atoms with Gasteiger partial charge in [-0.1, -0.05) is 19.3 Å². The van der Waals surface area contributed by atoms with Crippen LogP contribution in [0.3, 0.4) is 0 Å². The van der Waals surface area contributed by atoms with Crippen LogP contribution in [-0.4, -0.2) is 60.1 Å². The van der Waals surface area contributed by atoms with Gasteiger partial charge in [-0.05, 0) is 12.8 Å². The molecule has 2 N–H and O–H groups in total. The minimum atomic E-state index is -0.185. The van der Waals surface area contributed by atoms with Crippen molar-refractivity contribution in [1.82, 2.24) is 15.2 Å². The number of amides is 2. The molecule has 0 aromatic carbocycles. The molecule has 25 heavy (non-hydrogen) atoms. The van der Waals surface area contributed by atoms with Crippen LogP contribution in [0.25, 0.3) is 0 Å². The SMILES string of the molecule is CC(=O)Nc1nc(C(=O)NCC2(N3CCOCC3)CCCCC2)cs1. The van der Waals surface area contributed by atoms with Gasteiger partial charge in [-0.25, -0.2) is 4.98 Å². The molecule has 0 spiro atoms. The summed E-state index contributed by atoms with van der Waals surface area (Å²) < 4.78 is 5.49. The van der Waals surface area contributed by atoms with Gasteiger partial charge in [0.15, 0.2) is 5.13 Å². The van der Waals surface area contributed by atoms with E-state index in [0.29, 0.717) is 17.4 Å². The Labute approximate surface area is 152 Å². The van der Waals surface area contributed by atoms with Crippen molar-refractivity contribution >= 4 is 28.3 Å². The lowest BCUT2D eigenvalue weighted by Crippen LogP contribution is -2.59. The molecule has 3 rings (SSSR count). The number of morpholine rings is 1. The summed E-state index contributed by atoms with van der Waals surface area (Å²) in [7, 11) is 0. The first-order valence-electron chi connectivity index (χ1n) is 8.93. The zero-order chi connectivity index (χ0) is 17.7. The van der Waals surface area contributed by atoms with Crippen LogP contribution in [0.1, 0.15) is 49.5 Å². The van der Waals surface area contributed by atoms with Gasteiger partial charge in [0.2, 0.25) is 5.91 Å². The highest BCUT2D eigenvalue weighted by Gasteiger charge is 2.38. The van der Waals surface area contributed by atoms with Crippen LogP contribution in [0, 0.1) is 0 Å². The van der Waals surface area contributed by atoms with Gasteiger partial charge in [0.25, 0.3) is 5.91 Å². The molecule has 0 atom stereocenters. The number of carbonyl (C=O) groups is 2. The predicted molar refractivity (Wildman–Crippen MR) is 97.0 cm³/mol. The highest BCUT2D eigenvalue weighted by Crippen LogP contribution is 2.34. The van der Waals surface area contributed by atoms with Gasteiger partial charge >= 0.3 is 0 Å². The van der Waals surface area contributed by atoms with Crippen molar-refractivity contribution in [3.8, 4) is 0 Å². The Morgan fingerprint density at radius 1 is 1.28 bits per heavy atom. The maximum Gasteiger partial charge on any atom is 0.270 e. The summed E-state index contributed by atoms with van der Waals surface area (Å²) in [6, 6.07) is 0. The van der Waals surface area contributed by atoms with Crippen molar-refractivity contribution in [3.05, 3.63) is 11.1 Å². The molecule has 1 aliphatic carbocycles. The quantitative estimate of drug-likeness (QED) is 0.831. The molecule has 1 aromatic heterocycles. The second-order valence-electron chi connectivity index (χ2n) is 6.79. The fourth-order valence-corrected chi connectivity index (χ4v) is 4.51. The Hall–Kier alpha value is -1.51. The van der Waals surface area contributed by atoms with E-state index in [1.165, 1.54) is 37.5 Å². The standard InChI is InChI=1S/C17H26N4O3S/c1-13(22)19-16-20-14(11-25-16)15(23)18-12-17(5-3-2-4-6-17)21-7-9-24-10-8-21/h11H,2-10,12H2,1H3,(H,18,23)(H,19,20,22). The number of thiazole rings is 1. The van der Waals surface area contributed by atoms with E-state index >= 15 is 0 Å². The number of aromatic nitrogens is 1. The van der Waals surface area contributed by atoms with Gasteiger partial charge in [-0.2, -0.15) is 0 Å². The molecule has 0 unspecified atom stereocenters. The summed E-state index contributed by atoms with van der Waals surface area (Å²) in [6.45, 7) is 5.46. The van der Waals surface area contributed by atoms with E-state index in [-0.39, 0.29) is 17.4 Å². The first-order chi connectivity index (χ1) is 12.1. The number of nitrogens with one attached hydrogen (secondary N) is 2. The number of rotatable bonds is 5. The zero-order valence-corrected chi connectivity index (χ0v) is 15.5. The van der Waals surface area contributed by atoms with Gasteiger partial charge in [-0.15, -0.1) is 11.3 Å². The Kier molecular flexibility index (Phi) is 6.03. The molecule has 2 amide bonds. The molecule has 0 bridgehead atoms. The molecule has 2 aliphatic rings. The highest BCUT2D eigenvalue weighted by molar-refractivity contribution is 7.14. The average Bonchev–Trinajstić information content (AvgIpc) is 3.09. The van der Waals surface area contributed by atoms with Gasteiger partial charge in [0, 0.05) is 37.5 Å². The largest absolute Gasteiger partial charge is 0.379 e. The minimum Gasteiger partial charge on any atom is -0.379 e. The van der Waals surface area contributed by atoms with E-state index in [9.17, 15) is 9.59 Å². The van der Waals surface area contributed by atoms with Gasteiger partial charge in [-0.3, -0.25) is 14.5 Å². The maximum absolute atomic E-state index is 12.5. The van der Waals surface area contributed by atoms with Gasteiger partial charge < -0.3 is 15.4 Å². The summed E-state index contributed by atoms with van der Waals surface area (Å²) in [6.07, 6.45) is 5.91. The monoisotopic (exact) mass is 366 g/mol. The minimum absolute atomic E-state index is 0.0359. The summed E-state index contributed by atoms with van der Waals surface area (Å²) in [5.41, 5.74) is 0.399. The van der Waals surface area contributed by atoms with Crippen LogP contribution in [-0.2, 0) is 9.53 Å².